The molecule has 36 heavy (non-hydrogen) atoms. The molecule has 0 bridgehead atoms. The molecular formula is C26H22N2O8. The van der Waals surface area contributed by atoms with Crippen molar-refractivity contribution in [1.82, 2.24) is 4.98 Å². The number of carbonyl (C=O) groups is 6. The zero-order valence-electron chi connectivity index (χ0n) is 19.0. The van der Waals surface area contributed by atoms with Gasteiger partial charge in [0, 0.05) is 29.8 Å². The summed E-state index contributed by atoms with van der Waals surface area (Å²) in [6, 6.07) is 7.74. The Labute approximate surface area is 204 Å². The van der Waals surface area contributed by atoms with E-state index < -0.39 is 70.5 Å². The summed E-state index contributed by atoms with van der Waals surface area (Å²) in [4.78, 5) is 81.4. The Balaban J connectivity index is 1.55. The number of Topliss-reactive ketones (excluding diaryl/α,β-unsaturated/α-hetero) is 5. The number of nitrogens with two attached hydrogens (primary N) is 1. The number of primary amides is 1. The molecule has 3 aliphatic rings. The molecule has 184 valence electrons. The number of aromatic hydroxyl groups is 1. The van der Waals surface area contributed by atoms with Crippen LogP contribution in [0, 0.1) is 23.7 Å². The Hall–Kier alpha value is -4.05. The number of aromatic nitrogens is 1. The Morgan fingerprint density at radius 3 is 2.47 bits per heavy atom. The van der Waals surface area contributed by atoms with Crippen molar-refractivity contribution in [3.63, 3.8) is 0 Å². The Kier molecular flexibility index (Phi) is 5.44. The van der Waals surface area contributed by atoms with Crippen molar-refractivity contribution in [3.8, 4) is 5.75 Å². The average molecular weight is 490 g/mol. The summed E-state index contributed by atoms with van der Waals surface area (Å²) in [5.41, 5.74) is 3.28. The molecular weight excluding hydrogens is 468 g/mol. The maximum atomic E-state index is 13.5. The lowest BCUT2D eigenvalue weighted by Gasteiger charge is -2.48. The number of nitrogens with zero attached hydrogens (tertiary/aromatic N) is 1. The molecule has 0 saturated heterocycles. The second-order valence-electron chi connectivity index (χ2n) is 9.65. The number of hydrogen-bond acceptors (Lipinski definition) is 9. The van der Waals surface area contributed by atoms with Crippen LogP contribution in [0.2, 0.25) is 0 Å². The van der Waals surface area contributed by atoms with Gasteiger partial charge in [-0.3, -0.25) is 33.8 Å². The highest BCUT2D eigenvalue weighted by Crippen LogP contribution is 2.50. The molecule has 2 unspecified atom stereocenters. The molecule has 3 aliphatic carbocycles. The van der Waals surface area contributed by atoms with E-state index in [-0.39, 0.29) is 41.7 Å². The van der Waals surface area contributed by atoms with Gasteiger partial charge >= 0.3 is 0 Å². The minimum absolute atomic E-state index is 0.0371. The minimum atomic E-state index is -2.70. The molecule has 0 aliphatic heterocycles. The van der Waals surface area contributed by atoms with E-state index in [1.807, 2.05) is 0 Å². The predicted molar refractivity (Wildman–Crippen MR) is 121 cm³/mol. The van der Waals surface area contributed by atoms with Crippen LogP contribution in [-0.4, -0.2) is 55.6 Å². The van der Waals surface area contributed by atoms with Crippen LogP contribution < -0.4 is 5.73 Å². The predicted octanol–water partition coefficient (Wildman–Crippen LogP) is 0.147. The lowest BCUT2D eigenvalue weighted by Crippen LogP contribution is -2.68. The lowest BCUT2D eigenvalue weighted by molar-refractivity contribution is -0.175. The number of benzene rings is 1. The minimum Gasteiger partial charge on any atom is -0.507 e. The van der Waals surface area contributed by atoms with Crippen LogP contribution in [0.15, 0.2) is 36.5 Å². The zero-order chi connectivity index (χ0) is 25.9. The molecule has 2 aromatic rings. The fourth-order valence-electron chi connectivity index (χ4n) is 5.99. The first-order chi connectivity index (χ1) is 17.1. The van der Waals surface area contributed by atoms with Gasteiger partial charge < -0.3 is 15.9 Å². The van der Waals surface area contributed by atoms with Gasteiger partial charge in [-0.2, -0.15) is 0 Å². The molecule has 5 rings (SSSR count). The summed E-state index contributed by atoms with van der Waals surface area (Å²) in [6.45, 7) is 0. The first-order valence-electron chi connectivity index (χ1n) is 11.5. The highest BCUT2D eigenvalue weighted by Gasteiger charge is 2.66. The molecule has 2 saturated carbocycles. The van der Waals surface area contributed by atoms with E-state index in [4.69, 9.17) is 5.73 Å². The molecule has 1 amide bonds. The van der Waals surface area contributed by atoms with Crippen LogP contribution in [0.1, 0.15) is 44.8 Å². The molecule has 0 spiro atoms. The lowest BCUT2D eigenvalue weighted by atomic mass is 9.53. The van der Waals surface area contributed by atoms with E-state index in [1.54, 1.807) is 24.4 Å². The van der Waals surface area contributed by atoms with Crippen molar-refractivity contribution in [2.75, 3.05) is 0 Å². The number of rotatable bonds is 4. The smallest absolute Gasteiger partial charge is 0.235 e. The molecule has 10 nitrogen and oxygen atoms in total. The fourth-order valence-corrected chi connectivity index (χ4v) is 5.99. The van der Waals surface area contributed by atoms with Crippen molar-refractivity contribution in [2.45, 2.75) is 31.3 Å². The molecule has 10 heteroatoms. The van der Waals surface area contributed by atoms with Crippen molar-refractivity contribution >= 4 is 34.8 Å². The van der Waals surface area contributed by atoms with Gasteiger partial charge in [0.05, 0.1) is 17.9 Å². The molecule has 5 atom stereocenters. The highest BCUT2D eigenvalue weighted by atomic mass is 16.3. The normalized spacial score (nSPS) is 29.2. The van der Waals surface area contributed by atoms with Gasteiger partial charge in [-0.05, 0) is 48.6 Å². The molecule has 0 radical (unpaired) electrons. The van der Waals surface area contributed by atoms with Gasteiger partial charge in [-0.1, -0.05) is 6.07 Å². The molecule has 2 fully saturated rings. The van der Waals surface area contributed by atoms with Crippen LogP contribution in [0.25, 0.3) is 0 Å². The van der Waals surface area contributed by atoms with E-state index in [9.17, 15) is 39.0 Å². The number of ketones is 5. The SMILES string of the molecule is NC(=O)C1C(=O)C[C@@H]2C[C@@H]3Cc4c(C(=O)Cc5ccccn5)ccc(O)c4C(=O)C3C(=O)[C@]2(O)C1=O. The Morgan fingerprint density at radius 2 is 1.81 bits per heavy atom. The van der Waals surface area contributed by atoms with Crippen LogP contribution >= 0.6 is 0 Å². The Bertz CT molecular complexity index is 1370. The van der Waals surface area contributed by atoms with Gasteiger partial charge in [0.25, 0.3) is 0 Å². The topological polar surface area (TPSA) is 182 Å². The average Bonchev–Trinajstić information content (AvgIpc) is 2.82. The fraction of sp³-hybridized carbons (Fsp3) is 0.346. The quantitative estimate of drug-likeness (QED) is 0.397. The number of phenols is 1. The summed E-state index contributed by atoms with van der Waals surface area (Å²) in [5.74, 6) is -11.3. The molecule has 1 aromatic heterocycles. The van der Waals surface area contributed by atoms with Gasteiger partial charge in [0.15, 0.2) is 40.4 Å². The van der Waals surface area contributed by atoms with E-state index in [0.29, 0.717) is 5.69 Å². The Morgan fingerprint density at radius 1 is 1.06 bits per heavy atom. The van der Waals surface area contributed by atoms with Gasteiger partial charge in [-0.25, -0.2) is 0 Å². The van der Waals surface area contributed by atoms with Crippen LogP contribution in [0.3, 0.4) is 0 Å². The summed E-state index contributed by atoms with van der Waals surface area (Å²) in [5, 5.41) is 21.7. The second kappa shape index (κ2) is 8.27. The number of aliphatic hydroxyl groups is 1. The van der Waals surface area contributed by atoms with Gasteiger partial charge in [0.2, 0.25) is 5.91 Å². The highest BCUT2D eigenvalue weighted by molar-refractivity contribution is 6.31. The van der Waals surface area contributed by atoms with E-state index in [2.05, 4.69) is 4.98 Å². The van der Waals surface area contributed by atoms with Crippen molar-refractivity contribution in [1.29, 1.82) is 0 Å². The zero-order valence-corrected chi connectivity index (χ0v) is 19.0. The van der Waals surface area contributed by atoms with E-state index >= 15 is 0 Å². The number of amides is 1. The van der Waals surface area contributed by atoms with E-state index in [0.717, 1.165) is 0 Å². The summed E-state index contributed by atoms with van der Waals surface area (Å²) >= 11 is 0. The third-order valence-corrected chi connectivity index (χ3v) is 7.65. The molecule has 1 aromatic carbocycles. The standard InChI is InChI=1S/C26H22N2O8/c27-25(35)21-18(31)9-12-7-11-8-15-14(17(30)10-13-3-1-2-6-28-13)4-5-16(29)20(15)22(32)19(11)23(33)26(12,36)24(21)34/h1-6,11-12,19,21,29,36H,7-10H2,(H2,27,35)/t11-,12+,19?,21?,26+/m1/s1. The third-order valence-electron chi connectivity index (χ3n) is 7.65. The first kappa shape index (κ1) is 23.7. The van der Waals surface area contributed by atoms with Crippen LogP contribution in [0.4, 0.5) is 0 Å². The number of carbonyl (C=O) groups excluding carboxylic acids is 6. The van der Waals surface area contributed by atoms with Crippen molar-refractivity contribution in [2.24, 2.45) is 29.4 Å². The first-order valence-corrected chi connectivity index (χ1v) is 11.5. The molecule has 4 N–H and O–H groups in total. The molecule has 1 heterocycles. The number of pyridine rings is 1. The van der Waals surface area contributed by atoms with Crippen LogP contribution in [0.5, 0.6) is 5.75 Å². The maximum Gasteiger partial charge on any atom is 0.235 e. The van der Waals surface area contributed by atoms with Crippen molar-refractivity contribution in [3.05, 3.63) is 58.9 Å². The number of phenolic OH excluding ortho intramolecular Hbond substituents is 1. The van der Waals surface area contributed by atoms with Crippen molar-refractivity contribution < 1.29 is 39.0 Å². The van der Waals surface area contributed by atoms with Gasteiger partial charge in [0.1, 0.15) is 5.75 Å². The number of fused-ring (bicyclic) bond motifs is 3. The third kappa shape index (κ3) is 3.32. The maximum absolute atomic E-state index is 13.5. The van der Waals surface area contributed by atoms with E-state index in [1.165, 1.54) is 12.1 Å². The van der Waals surface area contributed by atoms with Crippen LogP contribution in [-0.2, 0) is 32.0 Å². The monoisotopic (exact) mass is 490 g/mol. The largest absolute Gasteiger partial charge is 0.507 e. The summed E-state index contributed by atoms with van der Waals surface area (Å²) in [7, 11) is 0. The second-order valence-corrected chi connectivity index (χ2v) is 9.65. The van der Waals surface area contributed by atoms with Gasteiger partial charge in [-0.15, -0.1) is 0 Å². The summed E-state index contributed by atoms with van der Waals surface area (Å²) < 4.78 is 0. The summed E-state index contributed by atoms with van der Waals surface area (Å²) in [6.07, 6.45) is 1.10. The number of hydrogen-bond donors (Lipinski definition) is 3.